The maximum atomic E-state index is 10.5. The summed E-state index contributed by atoms with van der Waals surface area (Å²) in [6.07, 6.45) is 0.892. The van der Waals surface area contributed by atoms with Crippen LogP contribution >= 0.6 is 0 Å². The minimum Gasteiger partial charge on any atom is -0.468 e. The van der Waals surface area contributed by atoms with Gasteiger partial charge in [-0.15, -0.1) is 0 Å². The zero-order chi connectivity index (χ0) is 7.28. The standard InChI is InChI=1S/C5H10BNO2/c1-9-5(8)4(7)2-3-6/h4H,2-3,7H2,1H3/t4-/m0/s1. The molecule has 0 aliphatic heterocycles. The lowest BCUT2D eigenvalue weighted by Crippen LogP contribution is -2.31. The van der Waals surface area contributed by atoms with E-state index in [0.29, 0.717) is 12.7 Å². The lowest BCUT2D eigenvalue weighted by molar-refractivity contribution is -0.142. The molecule has 0 aliphatic rings. The Hall–Kier alpha value is -0.505. The van der Waals surface area contributed by atoms with Gasteiger partial charge in [0, 0.05) is 0 Å². The fraction of sp³-hybridized carbons (Fsp3) is 0.800. The van der Waals surface area contributed by atoms with Gasteiger partial charge in [0.05, 0.1) is 15.0 Å². The van der Waals surface area contributed by atoms with E-state index in [-0.39, 0.29) is 0 Å². The van der Waals surface area contributed by atoms with Crippen LogP contribution in [-0.4, -0.2) is 27.0 Å². The fourth-order valence-corrected chi connectivity index (χ4v) is 0.449. The lowest BCUT2D eigenvalue weighted by Gasteiger charge is -2.05. The Balaban J connectivity index is 3.45. The number of rotatable bonds is 3. The van der Waals surface area contributed by atoms with E-state index in [4.69, 9.17) is 13.6 Å². The Bertz CT molecular complexity index is 97.0. The number of esters is 1. The van der Waals surface area contributed by atoms with Crippen LogP contribution in [-0.2, 0) is 9.53 Å². The number of methoxy groups -OCH3 is 1. The van der Waals surface area contributed by atoms with Gasteiger partial charge in [-0.25, -0.2) is 0 Å². The third-order valence-electron chi connectivity index (χ3n) is 0.982. The SMILES string of the molecule is [B]CC[C@H](N)C(=O)OC. The van der Waals surface area contributed by atoms with E-state index < -0.39 is 12.0 Å². The van der Waals surface area contributed by atoms with Gasteiger partial charge in [-0.2, -0.15) is 0 Å². The van der Waals surface area contributed by atoms with E-state index in [1.54, 1.807) is 0 Å². The summed E-state index contributed by atoms with van der Waals surface area (Å²) >= 11 is 0. The van der Waals surface area contributed by atoms with Gasteiger partial charge in [-0.1, -0.05) is 6.32 Å². The number of hydrogen-bond acceptors (Lipinski definition) is 3. The summed E-state index contributed by atoms with van der Waals surface area (Å²) in [4.78, 5) is 10.5. The summed E-state index contributed by atoms with van der Waals surface area (Å²) in [5.41, 5.74) is 5.28. The minimum absolute atomic E-state index is 0.402. The normalized spacial score (nSPS) is 12.7. The summed E-state index contributed by atoms with van der Waals surface area (Å²) in [6, 6.07) is -0.556. The predicted molar refractivity (Wildman–Crippen MR) is 35.2 cm³/mol. The van der Waals surface area contributed by atoms with Gasteiger partial charge in [0.2, 0.25) is 0 Å². The van der Waals surface area contributed by atoms with Crippen molar-refractivity contribution in [3.05, 3.63) is 0 Å². The van der Waals surface area contributed by atoms with Crippen molar-refractivity contribution >= 4 is 13.8 Å². The van der Waals surface area contributed by atoms with Gasteiger partial charge in [-0.05, 0) is 6.42 Å². The average molecular weight is 127 g/mol. The minimum atomic E-state index is -0.556. The lowest BCUT2D eigenvalue weighted by atomic mass is 9.98. The fourth-order valence-electron chi connectivity index (χ4n) is 0.449. The summed E-state index contributed by atoms with van der Waals surface area (Å²) in [6.45, 7) is 0. The summed E-state index contributed by atoms with van der Waals surface area (Å²) in [7, 11) is 6.44. The molecule has 0 aromatic rings. The highest BCUT2D eigenvalue weighted by Gasteiger charge is 2.10. The van der Waals surface area contributed by atoms with Gasteiger partial charge >= 0.3 is 5.97 Å². The van der Waals surface area contributed by atoms with Crippen molar-refractivity contribution in [3.8, 4) is 0 Å². The molecule has 4 heteroatoms. The van der Waals surface area contributed by atoms with Crippen LogP contribution in [0.3, 0.4) is 0 Å². The van der Waals surface area contributed by atoms with Crippen LogP contribution in [0.4, 0.5) is 0 Å². The number of ether oxygens (including phenoxy) is 1. The van der Waals surface area contributed by atoms with Crippen LogP contribution in [0.25, 0.3) is 0 Å². The molecule has 2 radical (unpaired) electrons. The van der Waals surface area contributed by atoms with Crippen LogP contribution in [0.2, 0.25) is 6.32 Å². The number of hydrogen-bond donors (Lipinski definition) is 1. The molecule has 9 heavy (non-hydrogen) atoms. The van der Waals surface area contributed by atoms with E-state index >= 15 is 0 Å². The second-order valence-corrected chi connectivity index (χ2v) is 1.71. The van der Waals surface area contributed by atoms with Crippen LogP contribution in [0.1, 0.15) is 6.42 Å². The topological polar surface area (TPSA) is 52.3 Å². The first-order valence-electron chi connectivity index (χ1n) is 2.76. The predicted octanol–water partition coefficient (Wildman–Crippen LogP) is -0.536. The van der Waals surface area contributed by atoms with Crippen molar-refractivity contribution in [2.45, 2.75) is 18.8 Å². The number of nitrogens with two attached hydrogens (primary N) is 1. The zero-order valence-electron chi connectivity index (χ0n) is 5.46. The number of carbonyl (C=O) groups is 1. The van der Waals surface area contributed by atoms with Gasteiger partial charge in [-0.3, -0.25) is 4.79 Å². The van der Waals surface area contributed by atoms with Crippen molar-refractivity contribution in [2.75, 3.05) is 7.11 Å². The Labute approximate surface area is 56.0 Å². The molecule has 0 aliphatic carbocycles. The monoisotopic (exact) mass is 127 g/mol. The third kappa shape index (κ3) is 3.14. The molecule has 0 rings (SSSR count). The van der Waals surface area contributed by atoms with Crippen molar-refractivity contribution in [1.82, 2.24) is 0 Å². The molecule has 0 amide bonds. The van der Waals surface area contributed by atoms with Crippen LogP contribution in [0.5, 0.6) is 0 Å². The van der Waals surface area contributed by atoms with Gasteiger partial charge < -0.3 is 10.5 Å². The first-order valence-corrected chi connectivity index (χ1v) is 2.76. The second kappa shape index (κ2) is 4.38. The van der Waals surface area contributed by atoms with Crippen molar-refractivity contribution in [3.63, 3.8) is 0 Å². The molecular formula is C5H10BNO2. The van der Waals surface area contributed by atoms with Gasteiger partial charge in [0.1, 0.15) is 6.04 Å². The van der Waals surface area contributed by atoms with Crippen molar-refractivity contribution in [2.24, 2.45) is 5.73 Å². The van der Waals surface area contributed by atoms with E-state index in [1.807, 2.05) is 0 Å². The molecule has 0 aromatic carbocycles. The maximum absolute atomic E-state index is 10.5. The highest BCUT2D eigenvalue weighted by Crippen LogP contribution is 1.92. The Morgan fingerprint density at radius 3 is 2.78 bits per heavy atom. The van der Waals surface area contributed by atoms with Gasteiger partial charge in [0.15, 0.2) is 0 Å². The second-order valence-electron chi connectivity index (χ2n) is 1.71. The molecule has 2 N–H and O–H groups in total. The van der Waals surface area contributed by atoms with E-state index in [9.17, 15) is 4.79 Å². The largest absolute Gasteiger partial charge is 0.468 e. The smallest absolute Gasteiger partial charge is 0.322 e. The molecule has 0 fully saturated rings. The molecule has 0 saturated carbocycles. The van der Waals surface area contributed by atoms with E-state index in [1.165, 1.54) is 7.11 Å². The van der Waals surface area contributed by atoms with Crippen LogP contribution in [0.15, 0.2) is 0 Å². The molecule has 3 nitrogen and oxygen atoms in total. The first kappa shape index (κ1) is 8.49. The molecule has 0 spiro atoms. The summed E-state index contributed by atoms with van der Waals surface area (Å²) in [5, 5.41) is 0. The zero-order valence-corrected chi connectivity index (χ0v) is 5.46. The summed E-state index contributed by atoms with van der Waals surface area (Å²) < 4.78 is 4.35. The Morgan fingerprint density at radius 2 is 2.44 bits per heavy atom. The molecule has 1 atom stereocenters. The maximum Gasteiger partial charge on any atom is 0.322 e. The van der Waals surface area contributed by atoms with Crippen molar-refractivity contribution < 1.29 is 9.53 Å². The molecular weight excluding hydrogens is 117 g/mol. The molecule has 0 aromatic heterocycles. The van der Waals surface area contributed by atoms with Crippen LogP contribution in [0, 0.1) is 0 Å². The average Bonchev–Trinajstić information content (AvgIpc) is 1.87. The number of carbonyl (C=O) groups excluding carboxylic acids is 1. The first-order chi connectivity index (χ1) is 4.22. The van der Waals surface area contributed by atoms with Crippen LogP contribution < -0.4 is 5.73 Å². The Morgan fingerprint density at radius 1 is 1.89 bits per heavy atom. The molecule has 0 unspecified atom stereocenters. The molecule has 0 bridgehead atoms. The summed E-state index contributed by atoms with van der Waals surface area (Å²) in [5.74, 6) is -0.402. The Kier molecular flexibility index (Phi) is 4.14. The quantitative estimate of drug-likeness (QED) is 0.409. The molecule has 0 saturated heterocycles. The van der Waals surface area contributed by atoms with E-state index in [2.05, 4.69) is 4.74 Å². The van der Waals surface area contributed by atoms with Crippen molar-refractivity contribution in [1.29, 1.82) is 0 Å². The third-order valence-corrected chi connectivity index (χ3v) is 0.982. The van der Waals surface area contributed by atoms with E-state index in [0.717, 1.165) is 0 Å². The molecule has 50 valence electrons. The highest BCUT2D eigenvalue weighted by molar-refractivity contribution is 6.08. The van der Waals surface area contributed by atoms with Gasteiger partial charge in [0.25, 0.3) is 0 Å². The molecule has 0 heterocycles. The highest BCUT2D eigenvalue weighted by atomic mass is 16.5.